The summed E-state index contributed by atoms with van der Waals surface area (Å²) in [6.45, 7) is 0. The SMILES string of the molecule is O=C(Nc1nccnc1C(=O)O)c1ccc(Cl)cc1Br. The smallest absolute Gasteiger partial charge is 0.358 e. The number of anilines is 1. The number of aromatic nitrogens is 2. The highest BCUT2D eigenvalue weighted by molar-refractivity contribution is 9.10. The number of carboxylic acid groups (broad SMARTS) is 1. The van der Waals surface area contributed by atoms with Gasteiger partial charge >= 0.3 is 5.97 Å². The summed E-state index contributed by atoms with van der Waals surface area (Å²) in [5.41, 5.74) is -0.0256. The molecule has 0 atom stereocenters. The molecule has 2 rings (SSSR count). The molecule has 1 aromatic carbocycles. The number of nitrogens with zero attached hydrogens (tertiary/aromatic N) is 2. The molecular weight excluding hydrogens is 350 g/mol. The van der Waals surface area contributed by atoms with E-state index in [0.29, 0.717) is 15.1 Å². The van der Waals surface area contributed by atoms with E-state index in [4.69, 9.17) is 16.7 Å². The van der Waals surface area contributed by atoms with Crippen LogP contribution in [0.1, 0.15) is 20.8 Å². The van der Waals surface area contributed by atoms with Crippen LogP contribution in [0.5, 0.6) is 0 Å². The maximum absolute atomic E-state index is 12.1. The largest absolute Gasteiger partial charge is 0.476 e. The zero-order valence-electron chi connectivity index (χ0n) is 9.80. The Bertz CT molecular complexity index is 693. The molecule has 1 amide bonds. The van der Waals surface area contributed by atoms with Gasteiger partial charge in [0, 0.05) is 21.9 Å². The molecule has 0 unspecified atom stereocenters. The Labute approximate surface area is 126 Å². The summed E-state index contributed by atoms with van der Waals surface area (Å²) in [4.78, 5) is 30.5. The number of nitrogens with one attached hydrogen (secondary N) is 1. The molecule has 20 heavy (non-hydrogen) atoms. The molecule has 0 saturated heterocycles. The van der Waals surface area contributed by atoms with Crippen LogP contribution in [0.15, 0.2) is 35.1 Å². The highest BCUT2D eigenvalue weighted by Crippen LogP contribution is 2.22. The topological polar surface area (TPSA) is 92.2 Å². The molecule has 0 bridgehead atoms. The predicted octanol–water partition coefficient (Wildman–Crippen LogP) is 2.84. The standard InChI is InChI=1S/C12H7BrClN3O3/c13-8-5-6(14)1-2-7(8)11(18)17-10-9(12(19)20)15-3-4-16-10/h1-5H,(H,19,20)(H,16,17,18). The van der Waals surface area contributed by atoms with Crippen molar-refractivity contribution in [1.82, 2.24) is 9.97 Å². The summed E-state index contributed by atoms with van der Waals surface area (Å²) in [5, 5.41) is 11.8. The number of carbonyl (C=O) groups is 2. The quantitative estimate of drug-likeness (QED) is 0.882. The second kappa shape index (κ2) is 5.98. The van der Waals surface area contributed by atoms with E-state index in [1.165, 1.54) is 18.5 Å². The van der Waals surface area contributed by atoms with Crippen LogP contribution < -0.4 is 5.32 Å². The lowest BCUT2D eigenvalue weighted by molar-refractivity contribution is 0.0691. The first-order chi connectivity index (χ1) is 9.49. The highest BCUT2D eigenvalue weighted by Gasteiger charge is 2.17. The average Bonchev–Trinajstić information content (AvgIpc) is 2.38. The van der Waals surface area contributed by atoms with Crippen molar-refractivity contribution in [3.05, 3.63) is 51.3 Å². The zero-order valence-corrected chi connectivity index (χ0v) is 12.1. The van der Waals surface area contributed by atoms with E-state index in [2.05, 4.69) is 31.2 Å². The fraction of sp³-hybridized carbons (Fsp3) is 0. The number of benzene rings is 1. The molecular formula is C12H7BrClN3O3. The van der Waals surface area contributed by atoms with E-state index in [9.17, 15) is 9.59 Å². The van der Waals surface area contributed by atoms with Crippen LogP contribution in [0.3, 0.4) is 0 Å². The summed E-state index contributed by atoms with van der Waals surface area (Å²) in [7, 11) is 0. The number of amides is 1. The van der Waals surface area contributed by atoms with E-state index in [-0.39, 0.29) is 11.5 Å². The average molecular weight is 357 g/mol. The fourth-order valence-corrected chi connectivity index (χ4v) is 2.30. The molecule has 0 spiro atoms. The van der Waals surface area contributed by atoms with Crippen LogP contribution in [0.4, 0.5) is 5.82 Å². The normalized spacial score (nSPS) is 10.1. The molecule has 0 radical (unpaired) electrons. The fourth-order valence-electron chi connectivity index (χ4n) is 1.43. The molecule has 0 fully saturated rings. The van der Waals surface area contributed by atoms with Crippen molar-refractivity contribution in [2.45, 2.75) is 0 Å². The monoisotopic (exact) mass is 355 g/mol. The molecule has 8 heteroatoms. The van der Waals surface area contributed by atoms with Crippen LogP contribution >= 0.6 is 27.5 Å². The Hall–Kier alpha value is -1.99. The van der Waals surface area contributed by atoms with Crippen LogP contribution in [0, 0.1) is 0 Å². The molecule has 0 aliphatic heterocycles. The molecule has 1 aromatic heterocycles. The summed E-state index contributed by atoms with van der Waals surface area (Å²) in [6, 6.07) is 4.62. The Morgan fingerprint density at radius 1 is 1.25 bits per heavy atom. The highest BCUT2D eigenvalue weighted by atomic mass is 79.9. The van der Waals surface area contributed by atoms with Gasteiger partial charge in [0.2, 0.25) is 0 Å². The van der Waals surface area contributed by atoms with Crippen molar-refractivity contribution < 1.29 is 14.7 Å². The molecule has 2 aromatic rings. The van der Waals surface area contributed by atoms with Crippen molar-refractivity contribution in [3.8, 4) is 0 Å². The first kappa shape index (κ1) is 14.4. The Balaban J connectivity index is 2.30. The number of carboxylic acids is 1. The maximum Gasteiger partial charge on any atom is 0.358 e. The van der Waals surface area contributed by atoms with Gasteiger partial charge in [-0.25, -0.2) is 14.8 Å². The second-order valence-electron chi connectivity index (χ2n) is 3.64. The second-order valence-corrected chi connectivity index (χ2v) is 4.93. The third-order valence-corrected chi connectivity index (χ3v) is 3.20. The Kier molecular flexibility index (Phi) is 4.31. The molecule has 2 N–H and O–H groups in total. The summed E-state index contributed by atoms with van der Waals surface area (Å²) < 4.78 is 0.489. The predicted molar refractivity (Wildman–Crippen MR) is 76.1 cm³/mol. The Morgan fingerprint density at radius 2 is 1.95 bits per heavy atom. The molecule has 0 aliphatic rings. The summed E-state index contributed by atoms with van der Waals surface area (Å²) in [5.74, 6) is -1.91. The summed E-state index contributed by atoms with van der Waals surface area (Å²) in [6.07, 6.45) is 2.52. The third-order valence-electron chi connectivity index (χ3n) is 2.31. The van der Waals surface area contributed by atoms with Crippen molar-refractivity contribution in [2.24, 2.45) is 0 Å². The molecule has 6 nitrogen and oxygen atoms in total. The Morgan fingerprint density at radius 3 is 2.60 bits per heavy atom. The lowest BCUT2D eigenvalue weighted by atomic mass is 10.2. The minimum Gasteiger partial charge on any atom is -0.476 e. The van der Waals surface area contributed by atoms with Crippen molar-refractivity contribution in [1.29, 1.82) is 0 Å². The van der Waals surface area contributed by atoms with Gasteiger partial charge < -0.3 is 10.4 Å². The number of hydrogen-bond acceptors (Lipinski definition) is 4. The van der Waals surface area contributed by atoms with E-state index < -0.39 is 11.9 Å². The lowest BCUT2D eigenvalue weighted by Gasteiger charge is -2.07. The number of rotatable bonds is 3. The van der Waals surface area contributed by atoms with Gasteiger partial charge in [0.1, 0.15) is 0 Å². The maximum atomic E-state index is 12.1. The van der Waals surface area contributed by atoms with E-state index >= 15 is 0 Å². The molecule has 1 heterocycles. The number of hydrogen-bond donors (Lipinski definition) is 2. The van der Waals surface area contributed by atoms with Gasteiger partial charge in [0.15, 0.2) is 11.5 Å². The van der Waals surface area contributed by atoms with Crippen LogP contribution in [-0.4, -0.2) is 27.0 Å². The number of carbonyl (C=O) groups excluding carboxylic acids is 1. The van der Waals surface area contributed by atoms with Gasteiger partial charge in [-0.3, -0.25) is 4.79 Å². The van der Waals surface area contributed by atoms with Gasteiger partial charge in [-0.05, 0) is 34.1 Å². The molecule has 0 aliphatic carbocycles. The molecule has 102 valence electrons. The van der Waals surface area contributed by atoms with E-state index in [1.807, 2.05) is 0 Å². The summed E-state index contributed by atoms with van der Waals surface area (Å²) >= 11 is 9.00. The first-order valence-electron chi connectivity index (χ1n) is 5.29. The van der Waals surface area contributed by atoms with Crippen LogP contribution in [0.2, 0.25) is 5.02 Å². The first-order valence-corrected chi connectivity index (χ1v) is 6.47. The van der Waals surface area contributed by atoms with E-state index in [1.54, 1.807) is 12.1 Å². The van der Waals surface area contributed by atoms with Gasteiger partial charge in [-0.1, -0.05) is 11.6 Å². The van der Waals surface area contributed by atoms with Gasteiger partial charge in [-0.15, -0.1) is 0 Å². The van der Waals surface area contributed by atoms with E-state index in [0.717, 1.165) is 0 Å². The van der Waals surface area contributed by atoms with Crippen LogP contribution in [-0.2, 0) is 0 Å². The van der Waals surface area contributed by atoms with Gasteiger partial charge in [-0.2, -0.15) is 0 Å². The number of aromatic carboxylic acids is 1. The minimum absolute atomic E-state index is 0.119. The van der Waals surface area contributed by atoms with Gasteiger partial charge in [0.05, 0.1) is 5.56 Å². The van der Waals surface area contributed by atoms with Crippen molar-refractivity contribution >= 4 is 45.2 Å². The molecule has 0 saturated carbocycles. The minimum atomic E-state index is -1.27. The van der Waals surface area contributed by atoms with Crippen molar-refractivity contribution in [3.63, 3.8) is 0 Å². The van der Waals surface area contributed by atoms with Gasteiger partial charge in [0.25, 0.3) is 5.91 Å². The van der Waals surface area contributed by atoms with Crippen molar-refractivity contribution in [2.75, 3.05) is 5.32 Å². The van der Waals surface area contributed by atoms with Crippen LogP contribution in [0.25, 0.3) is 0 Å². The third kappa shape index (κ3) is 3.12. The zero-order chi connectivity index (χ0) is 14.7. The number of halogens is 2. The lowest BCUT2D eigenvalue weighted by Crippen LogP contribution is -2.17.